The molecule has 0 bridgehead atoms. The lowest BCUT2D eigenvalue weighted by Gasteiger charge is -2.20. The van der Waals surface area contributed by atoms with Crippen molar-refractivity contribution in [3.05, 3.63) is 0 Å². The molecule has 1 aliphatic carbocycles. The van der Waals surface area contributed by atoms with Gasteiger partial charge in [0.15, 0.2) is 9.84 Å². The van der Waals surface area contributed by atoms with Crippen molar-refractivity contribution >= 4 is 15.6 Å². The van der Waals surface area contributed by atoms with E-state index >= 15 is 0 Å². The highest BCUT2D eigenvalue weighted by molar-refractivity contribution is 7.92. The average Bonchev–Trinajstić information content (AvgIpc) is 2.15. The third-order valence-electron chi connectivity index (χ3n) is 2.73. The molecular weight excluding hydrogens is 200 g/mol. The smallest absolute Gasteiger partial charge is 0.153 e. The molecule has 82 valence electrons. The first kappa shape index (κ1) is 11.7. The van der Waals surface area contributed by atoms with Crippen molar-refractivity contribution < 1.29 is 13.2 Å². The molecule has 1 aliphatic rings. The average molecular weight is 218 g/mol. The Bertz CT molecular complexity index is 292. The maximum Gasteiger partial charge on any atom is 0.153 e. The molecule has 0 aromatic heterocycles. The SMILES string of the molecule is CCCCS(=O)(=O)C1CCCC(=O)C1. The summed E-state index contributed by atoms with van der Waals surface area (Å²) in [5.74, 6) is 0.364. The van der Waals surface area contributed by atoms with Gasteiger partial charge in [0.1, 0.15) is 5.78 Å². The number of Topliss-reactive ketones (excluding diaryl/α,β-unsaturated/α-hetero) is 1. The zero-order valence-corrected chi connectivity index (χ0v) is 9.48. The van der Waals surface area contributed by atoms with Crippen LogP contribution in [0, 0.1) is 0 Å². The summed E-state index contributed by atoms with van der Waals surface area (Å²) in [5.41, 5.74) is 0. The van der Waals surface area contributed by atoms with Crippen LogP contribution in [0.5, 0.6) is 0 Å². The second kappa shape index (κ2) is 4.91. The van der Waals surface area contributed by atoms with Crippen LogP contribution in [0.4, 0.5) is 0 Å². The van der Waals surface area contributed by atoms with Gasteiger partial charge in [0.2, 0.25) is 0 Å². The molecule has 14 heavy (non-hydrogen) atoms. The molecule has 0 amide bonds. The van der Waals surface area contributed by atoms with Crippen LogP contribution < -0.4 is 0 Å². The topological polar surface area (TPSA) is 51.2 Å². The van der Waals surface area contributed by atoms with Gasteiger partial charge >= 0.3 is 0 Å². The molecular formula is C10H18O3S. The van der Waals surface area contributed by atoms with Crippen molar-refractivity contribution in [2.75, 3.05) is 5.75 Å². The summed E-state index contributed by atoms with van der Waals surface area (Å²) < 4.78 is 23.5. The lowest BCUT2D eigenvalue weighted by molar-refractivity contribution is -0.120. The van der Waals surface area contributed by atoms with Gasteiger partial charge in [-0.3, -0.25) is 4.79 Å². The van der Waals surface area contributed by atoms with Crippen molar-refractivity contribution in [1.82, 2.24) is 0 Å². The molecule has 1 unspecified atom stereocenters. The van der Waals surface area contributed by atoms with Crippen LogP contribution in [0.1, 0.15) is 45.4 Å². The zero-order valence-electron chi connectivity index (χ0n) is 8.66. The van der Waals surface area contributed by atoms with Gasteiger partial charge in [0, 0.05) is 12.8 Å². The molecule has 0 saturated heterocycles. The predicted molar refractivity (Wildman–Crippen MR) is 56.0 cm³/mol. The van der Waals surface area contributed by atoms with Crippen LogP contribution in [0.25, 0.3) is 0 Å². The highest BCUT2D eigenvalue weighted by atomic mass is 32.2. The summed E-state index contributed by atoms with van der Waals surface area (Å²) in [6, 6.07) is 0. The minimum absolute atomic E-state index is 0.112. The van der Waals surface area contributed by atoms with Crippen molar-refractivity contribution in [1.29, 1.82) is 0 Å². The van der Waals surface area contributed by atoms with Crippen LogP contribution >= 0.6 is 0 Å². The van der Waals surface area contributed by atoms with E-state index in [1.807, 2.05) is 6.92 Å². The standard InChI is InChI=1S/C10H18O3S/c1-2-3-7-14(12,13)10-6-4-5-9(11)8-10/h10H,2-8H2,1H3. The van der Waals surface area contributed by atoms with E-state index in [1.165, 1.54) is 0 Å². The number of sulfone groups is 1. The summed E-state index contributed by atoms with van der Waals surface area (Å²) in [7, 11) is -3.00. The van der Waals surface area contributed by atoms with Crippen LogP contribution in [0.15, 0.2) is 0 Å². The van der Waals surface area contributed by atoms with E-state index in [4.69, 9.17) is 0 Å². The molecule has 0 aromatic rings. The molecule has 3 nitrogen and oxygen atoms in total. The quantitative estimate of drug-likeness (QED) is 0.722. The number of carbonyl (C=O) groups is 1. The number of unbranched alkanes of at least 4 members (excludes halogenated alkanes) is 1. The number of hydrogen-bond acceptors (Lipinski definition) is 3. The van der Waals surface area contributed by atoms with Crippen LogP contribution in [-0.4, -0.2) is 25.2 Å². The van der Waals surface area contributed by atoms with Gasteiger partial charge < -0.3 is 0 Å². The Hall–Kier alpha value is -0.380. The highest BCUT2D eigenvalue weighted by Gasteiger charge is 2.29. The van der Waals surface area contributed by atoms with Gasteiger partial charge in [0.25, 0.3) is 0 Å². The Morgan fingerprint density at radius 3 is 2.71 bits per heavy atom. The summed E-state index contributed by atoms with van der Waals surface area (Å²) in [6.45, 7) is 1.97. The summed E-state index contributed by atoms with van der Waals surface area (Å²) in [6.07, 6.45) is 3.85. The van der Waals surface area contributed by atoms with E-state index in [0.717, 1.165) is 12.8 Å². The fourth-order valence-corrected chi connectivity index (χ4v) is 3.79. The molecule has 0 N–H and O–H groups in total. The Morgan fingerprint density at radius 1 is 1.43 bits per heavy atom. The zero-order chi connectivity index (χ0) is 10.6. The van der Waals surface area contributed by atoms with E-state index < -0.39 is 9.84 Å². The molecule has 1 rings (SSSR count). The van der Waals surface area contributed by atoms with Crippen LogP contribution in [0.3, 0.4) is 0 Å². The number of hydrogen-bond donors (Lipinski definition) is 0. The third kappa shape index (κ3) is 3.08. The molecule has 0 aliphatic heterocycles. The molecule has 1 saturated carbocycles. The Kier molecular flexibility index (Phi) is 4.11. The van der Waals surface area contributed by atoms with Gasteiger partial charge in [-0.15, -0.1) is 0 Å². The first-order chi connectivity index (χ1) is 6.56. The van der Waals surface area contributed by atoms with Gasteiger partial charge in [0.05, 0.1) is 11.0 Å². The lowest BCUT2D eigenvalue weighted by atomic mass is 9.99. The van der Waals surface area contributed by atoms with Crippen molar-refractivity contribution in [3.63, 3.8) is 0 Å². The molecule has 4 heteroatoms. The minimum Gasteiger partial charge on any atom is -0.300 e. The molecule has 0 aromatic carbocycles. The largest absolute Gasteiger partial charge is 0.300 e. The fourth-order valence-electron chi connectivity index (χ4n) is 1.80. The Labute approximate surface area is 85.8 Å². The number of rotatable bonds is 4. The van der Waals surface area contributed by atoms with Crippen molar-refractivity contribution in [2.24, 2.45) is 0 Å². The van der Waals surface area contributed by atoms with Gasteiger partial charge in [-0.05, 0) is 19.3 Å². The molecule has 0 radical (unpaired) electrons. The second-order valence-electron chi connectivity index (χ2n) is 3.98. The maximum absolute atomic E-state index is 11.7. The van der Waals surface area contributed by atoms with Gasteiger partial charge in [-0.1, -0.05) is 13.3 Å². The fraction of sp³-hybridized carbons (Fsp3) is 0.900. The molecule has 0 spiro atoms. The number of ketones is 1. The lowest BCUT2D eigenvalue weighted by Crippen LogP contribution is -2.30. The summed E-state index contributed by atoms with van der Waals surface area (Å²) in [4.78, 5) is 11.1. The van der Waals surface area contributed by atoms with Crippen molar-refractivity contribution in [3.8, 4) is 0 Å². The Balaban J connectivity index is 2.57. The van der Waals surface area contributed by atoms with Crippen LogP contribution in [0.2, 0.25) is 0 Å². The predicted octanol–water partition coefficient (Wildman–Crippen LogP) is 1.71. The van der Waals surface area contributed by atoms with Gasteiger partial charge in [-0.2, -0.15) is 0 Å². The molecule has 1 atom stereocenters. The van der Waals surface area contributed by atoms with E-state index in [2.05, 4.69) is 0 Å². The van der Waals surface area contributed by atoms with E-state index in [-0.39, 0.29) is 23.2 Å². The second-order valence-corrected chi connectivity index (χ2v) is 6.38. The van der Waals surface area contributed by atoms with Crippen molar-refractivity contribution in [2.45, 2.75) is 50.7 Å². The van der Waals surface area contributed by atoms with E-state index in [0.29, 0.717) is 19.3 Å². The van der Waals surface area contributed by atoms with Gasteiger partial charge in [-0.25, -0.2) is 8.42 Å². The maximum atomic E-state index is 11.7. The van der Waals surface area contributed by atoms with Crippen LogP contribution in [-0.2, 0) is 14.6 Å². The first-order valence-electron chi connectivity index (χ1n) is 5.29. The van der Waals surface area contributed by atoms with E-state index in [9.17, 15) is 13.2 Å². The first-order valence-corrected chi connectivity index (χ1v) is 7.01. The Morgan fingerprint density at radius 2 is 2.14 bits per heavy atom. The van der Waals surface area contributed by atoms with E-state index in [1.54, 1.807) is 0 Å². The minimum atomic E-state index is -3.00. The molecule has 1 fully saturated rings. The third-order valence-corrected chi connectivity index (χ3v) is 5.00. The monoisotopic (exact) mass is 218 g/mol. The number of carbonyl (C=O) groups excluding carboxylic acids is 1. The highest BCUT2D eigenvalue weighted by Crippen LogP contribution is 2.22. The summed E-state index contributed by atoms with van der Waals surface area (Å²) >= 11 is 0. The molecule has 0 heterocycles. The summed E-state index contributed by atoms with van der Waals surface area (Å²) in [5, 5.41) is -0.379. The normalized spacial score (nSPS) is 23.8.